The number of aromatic nitrogens is 1. The number of fused-ring (bicyclic) bond motifs is 1. The molecule has 8 nitrogen and oxygen atoms in total. The SMILES string of the molecule is CC(=O)N1c2ccc(C(=O)NCCN3CCOCC3)cc2C(Nc2cccc(C)n2)C(C)C1C. The zero-order valence-corrected chi connectivity index (χ0v) is 20.5. The van der Waals surface area contributed by atoms with E-state index in [2.05, 4.69) is 34.4 Å². The minimum absolute atomic E-state index is 0.000471. The normalized spacial score (nSPS) is 22.7. The molecule has 34 heavy (non-hydrogen) atoms. The van der Waals surface area contributed by atoms with E-state index in [1.54, 1.807) is 6.92 Å². The number of benzene rings is 1. The van der Waals surface area contributed by atoms with Gasteiger partial charge in [0.15, 0.2) is 0 Å². The van der Waals surface area contributed by atoms with Crippen LogP contribution >= 0.6 is 0 Å². The van der Waals surface area contributed by atoms with Crippen LogP contribution in [0, 0.1) is 12.8 Å². The van der Waals surface area contributed by atoms with Gasteiger partial charge in [-0.2, -0.15) is 0 Å². The number of carbonyl (C=O) groups excluding carboxylic acids is 2. The smallest absolute Gasteiger partial charge is 0.251 e. The molecular weight excluding hydrogens is 430 g/mol. The number of anilines is 2. The predicted octanol–water partition coefficient (Wildman–Crippen LogP) is 3.00. The number of amides is 2. The summed E-state index contributed by atoms with van der Waals surface area (Å²) in [5, 5.41) is 6.61. The molecule has 2 amide bonds. The maximum absolute atomic E-state index is 13.0. The van der Waals surface area contributed by atoms with Crippen molar-refractivity contribution >= 4 is 23.3 Å². The van der Waals surface area contributed by atoms with Gasteiger partial charge in [0.2, 0.25) is 5.91 Å². The Morgan fingerprint density at radius 3 is 2.62 bits per heavy atom. The second-order valence-electron chi connectivity index (χ2n) is 9.26. The highest BCUT2D eigenvalue weighted by atomic mass is 16.5. The minimum Gasteiger partial charge on any atom is -0.379 e. The van der Waals surface area contributed by atoms with Crippen molar-refractivity contribution in [1.29, 1.82) is 0 Å². The fraction of sp³-hybridized carbons (Fsp3) is 0.500. The summed E-state index contributed by atoms with van der Waals surface area (Å²) < 4.78 is 5.38. The van der Waals surface area contributed by atoms with Gasteiger partial charge < -0.3 is 20.3 Å². The molecule has 3 unspecified atom stereocenters. The van der Waals surface area contributed by atoms with E-state index in [-0.39, 0.29) is 29.8 Å². The number of nitrogens with zero attached hydrogens (tertiary/aromatic N) is 3. The predicted molar refractivity (Wildman–Crippen MR) is 133 cm³/mol. The van der Waals surface area contributed by atoms with Crippen molar-refractivity contribution < 1.29 is 14.3 Å². The van der Waals surface area contributed by atoms with Crippen LogP contribution in [0.15, 0.2) is 36.4 Å². The molecule has 1 aromatic heterocycles. The summed E-state index contributed by atoms with van der Waals surface area (Å²) in [5.74, 6) is 0.782. The summed E-state index contributed by atoms with van der Waals surface area (Å²) in [6.45, 7) is 12.4. The molecule has 0 bridgehead atoms. The number of carbonyl (C=O) groups is 2. The third-order valence-electron chi connectivity index (χ3n) is 6.93. The minimum atomic E-state index is -0.107. The molecule has 2 aliphatic heterocycles. The van der Waals surface area contributed by atoms with Gasteiger partial charge in [-0.1, -0.05) is 13.0 Å². The Labute approximate surface area is 201 Å². The van der Waals surface area contributed by atoms with Crippen LogP contribution in [0.4, 0.5) is 11.5 Å². The zero-order valence-electron chi connectivity index (χ0n) is 20.5. The van der Waals surface area contributed by atoms with Crippen molar-refractivity contribution in [3.05, 3.63) is 53.2 Å². The first-order valence-electron chi connectivity index (χ1n) is 12.1. The number of ether oxygens (including phenoxy) is 1. The average Bonchev–Trinajstić information content (AvgIpc) is 2.82. The van der Waals surface area contributed by atoms with Crippen LogP contribution in [-0.2, 0) is 9.53 Å². The van der Waals surface area contributed by atoms with Crippen LogP contribution in [-0.4, -0.2) is 67.1 Å². The molecule has 2 aliphatic rings. The lowest BCUT2D eigenvalue weighted by Gasteiger charge is -2.44. The molecule has 1 aromatic carbocycles. The van der Waals surface area contributed by atoms with Crippen LogP contribution < -0.4 is 15.5 Å². The average molecular weight is 466 g/mol. The molecule has 0 radical (unpaired) electrons. The molecule has 0 aliphatic carbocycles. The summed E-state index contributed by atoms with van der Waals surface area (Å²) in [6, 6.07) is 11.4. The van der Waals surface area contributed by atoms with Crippen LogP contribution in [0.5, 0.6) is 0 Å². The standard InChI is InChI=1S/C26H35N5O3/c1-17-6-5-7-24(28-17)29-25-18(2)19(3)31(20(4)32)23-9-8-21(16-22(23)25)26(33)27-10-11-30-12-14-34-15-13-30/h5-9,16,18-19,25H,10-15H2,1-4H3,(H,27,33)(H,28,29). The first-order chi connectivity index (χ1) is 16.3. The zero-order chi connectivity index (χ0) is 24.2. The van der Waals surface area contributed by atoms with Gasteiger partial charge in [-0.05, 0) is 49.7 Å². The molecular formula is C26H35N5O3. The van der Waals surface area contributed by atoms with Crippen LogP contribution in [0.25, 0.3) is 0 Å². The molecule has 3 atom stereocenters. The first-order valence-corrected chi connectivity index (χ1v) is 12.1. The van der Waals surface area contributed by atoms with Crippen LogP contribution in [0.3, 0.4) is 0 Å². The van der Waals surface area contributed by atoms with E-state index < -0.39 is 0 Å². The van der Waals surface area contributed by atoms with E-state index in [9.17, 15) is 9.59 Å². The molecule has 4 rings (SSSR count). The van der Waals surface area contributed by atoms with Crippen molar-refractivity contribution in [1.82, 2.24) is 15.2 Å². The van der Waals surface area contributed by atoms with Gasteiger partial charge in [0, 0.05) is 62.0 Å². The summed E-state index contributed by atoms with van der Waals surface area (Å²) in [4.78, 5) is 34.3. The third kappa shape index (κ3) is 5.23. The third-order valence-corrected chi connectivity index (χ3v) is 6.93. The second-order valence-corrected chi connectivity index (χ2v) is 9.26. The summed E-state index contributed by atoms with van der Waals surface area (Å²) in [6.07, 6.45) is 0. The van der Waals surface area contributed by atoms with Crippen molar-refractivity contribution in [3.63, 3.8) is 0 Å². The number of nitrogens with one attached hydrogen (secondary N) is 2. The van der Waals surface area contributed by atoms with Gasteiger partial charge in [-0.3, -0.25) is 14.5 Å². The number of rotatable bonds is 6. The maximum Gasteiger partial charge on any atom is 0.251 e. The van der Waals surface area contributed by atoms with Crippen molar-refractivity contribution in [2.75, 3.05) is 49.6 Å². The number of pyridine rings is 1. The Hall–Kier alpha value is -2.97. The molecule has 1 saturated heterocycles. The molecule has 2 aromatic rings. The quantitative estimate of drug-likeness (QED) is 0.682. The van der Waals surface area contributed by atoms with E-state index >= 15 is 0 Å². The molecule has 0 saturated carbocycles. The summed E-state index contributed by atoms with van der Waals surface area (Å²) in [5.41, 5.74) is 3.30. The summed E-state index contributed by atoms with van der Waals surface area (Å²) in [7, 11) is 0. The highest BCUT2D eigenvalue weighted by molar-refractivity contribution is 5.98. The fourth-order valence-corrected chi connectivity index (χ4v) is 4.88. The van der Waals surface area contributed by atoms with Gasteiger partial charge in [0.25, 0.3) is 5.91 Å². The van der Waals surface area contributed by atoms with Crippen LogP contribution in [0.1, 0.15) is 48.4 Å². The fourth-order valence-electron chi connectivity index (χ4n) is 4.88. The van der Waals surface area contributed by atoms with E-state index in [4.69, 9.17) is 4.74 Å². The van der Waals surface area contributed by atoms with Crippen LogP contribution in [0.2, 0.25) is 0 Å². The highest BCUT2D eigenvalue weighted by Crippen LogP contribution is 2.42. The Kier molecular flexibility index (Phi) is 7.48. The van der Waals surface area contributed by atoms with Gasteiger partial charge >= 0.3 is 0 Å². The number of aryl methyl sites for hydroxylation is 1. The van der Waals surface area contributed by atoms with E-state index in [1.165, 1.54) is 0 Å². The second kappa shape index (κ2) is 10.5. The number of morpholine rings is 1. The Balaban J connectivity index is 1.58. The summed E-state index contributed by atoms with van der Waals surface area (Å²) >= 11 is 0. The molecule has 8 heteroatoms. The van der Waals surface area contributed by atoms with Crippen molar-refractivity contribution in [2.45, 2.75) is 39.8 Å². The monoisotopic (exact) mass is 465 g/mol. The van der Waals surface area contributed by atoms with Gasteiger partial charge in [-0.15, -0.1) is 0 Å². The van der Waals surface area contributed by atoms with Crippen molar-refractivity contribution in [2.24, 2.45) is 5.92 Å². The maximum atomic E-state index is 13.0. The number of hydrogen-bond donors (Lipinski definition) is 2. The lowest BCUT2D eigenvalue weighted by atomic mass is 9.82. The lowest BCUT2D eigenvalue weighted by molar-refractivity contribution is -0.117. The largest absolute Gasteiger partial charge is 0.379 e. The highest BCUT2D eigenvalue weighted by Gasteiger charge is 2.38. The molecule has 2 N–H and O–H groups in total. The van der Waals surface area contributed by atoms with E-state index in [0.29, 0.717) is 12.1 Å². The molecule has 182 valence electrons. The molecule has 1 fully saturated rings. The van der Waals surface area contributed by atoms with E-state index in [0.717, 1.165) is 55.6 Å². The van der Waals surface area contributed by atoms with Crippen molar-refractivity contribution in [3.8, 4) is 0 Å². The Morgan fingerprint density at radius 1 is 1.15 bits per heavy atom. The molecule has 3 heterocycles. The van der Waals surface area contributed by atoms with E-state index in [1.807, 2.05) is 48.2 Å². The number of hydrogen-bond acceptors (Lipinski definition) is 6. The lowest BCUT2D eigenvalue weighted by Crippen LogP contribution is -2.48. The van der Waals surface area contributed by atoms with Gasteiger partial charge in [0.1, 0.15) is 5.82 Å². The Bertz CT molecular complexity index is 1040. The molecule has 0 spiro atoms. The van der Waals surface area contributed by atoms with Gasteiger partial charge in [-0.25, -0.2) is 4.98 Å². The van der Waals surface area contributed by atoms with Gasteiger partial charge in [0.05, 0.1) is 19.3 Å². The first kappa shape index (κ1) is 24.2. The topological polar surface area (TPSA) is 86.8 Å². The Morgan fingerprint density at radius 2 is 1.91 bits per heavy atom.